The van der Waals surface area contributed by atoms with E-state index in [4.69, 9.17) is 0 Å². The fraction of sp³-hybridized carbons (Fsp3) is 0.800. The number of hydrogen-bond donors (Lipinski definition) is 0. The SMILES string of the molecule is CC1CCC2CC=C(CC3CCCN4CCC=CC34)CN2C1. The molecule has 4 heterocycles. The Morgan fingerprint density at radius 2 is 2.09 bits per heavy atom. The lowest BCUT2D eigenvalue weighted by atomic mass is 9.80. The zero-order chi connectivity index (χ0) is 14.9. The first-order chi connectivity index (χ1) is 10.8. The summed E-state index contributed by atoms with van der Waals surface area (Å²) in [6.45, 7) is 7.66. The minimum Gasteiger partial charge on any atom is -0.296 e. The molecule has 4 rings (SSSR count). The standard InChI is InChI=1S/C20H32N2/c1-16-7-9-19-10-8-17(15-22(19)14-16)13-18-5-4-12-21-11-3-2-6-20(18)21/h2,6,8,16,18-20H,3-5,7,9-15H2,1H3. The van der Waals surface area contributed by atoms with Crippen molar-refractivity contribution >= 4 is 0 Å². The molecule has 2 fully saturated rings. The van der Waals surface area contributed by atoms with Gasteiger partial charge >= 0.3 is 0 Å². The number of hydrogen-bond acceptors (Lipinski definition) is 2. The third-order valence-corrected chi connectivity index (χ3v) is 6.51. The van der Waals surface area contributed by atoms with Gasteiger partial charge in [0.05, 0.1) is 0 Å². The van der Waals surface area contributed by atoms with Gasteiger partial charge in [-0.3, -0.25) is 9.80 Å². The van der Waals surface area contributed by atoms with Crippen LogP contribution < -0.4 is 0 Å². The van der Waals surface area contributed by atoms with E-state index in [1.165, 1.54) is 71.1 Å². The lowest BCUT2D eigenvalue weighted by Crippen LogP contribution is -2.48. The predicted molar refractivity (Wildman–Crippen MR) is 92.9 cm³/mol. The van der Waals surface area contributed by atoms with Crippen LogP contribution in [0.2, 0.25) is 0 Å². The molecule has 0 aromatic carbocycles. The largest absolute Gasteiger partial charge is 0.296 e. The first-order valence-corrected chi connectivity index (χ1v) is 9.62. The maximum atomic E-state index is 2.79. The van der Waals surface area contributed by atoms with E-state index in [1.807, 2.05) is 0 Å². The highest BCUT2D eigenvalue weighted by Crippen LogP contribution is 2.35. The maximum Gasteiger partial charge on any atom is 0.0309 e. The van der Waals surface area contributed by atoms with Crippen molar-refractivity contribution in [3.05, 3.63) is 23.8 Å². The summed E-state index contributed by atoms with van der Waals surface area (Å²) in [5, 5.41) is 0. The Kier molecular flexibility index (Phi) is 4.41. The molecule has 22 heavy (non-hydrogen) atoms. The van der Waals surface area contributed by atoms with Crippen LogP contribution in [-0.4, -0.2) is 48.1 Å². The number of rotatable bonds is 2. The van der Waals surface area contributed by atoms with Gasteiger partial charge in [0.15, 0.2) is 0 Å². The van der Waals surface area contributed by atoms with E-state index < -0.39 is 0 Å². The van der Waals surface area contributed by atoms with Crippen molar-refractivity contribution in [2.24, 2.45) is 11.8 Å². The Bertz CT molecular complexity index is 453. The van der Waals surface area contributed by atoms with Crippen LogP contribution >= 0.6 is 0 Å². The lowest BCUT2D eigenvalue weighted by molar-refractivity contribution is 0.102. The van der Waals surface area contributed by atoms with E-state index in [1.54, 1.807) is 5.57 Å². The van der Waals surface area contributed by atoms with Crippen LogP contribution in [0.1, 0.15) is 51.9 Å². The minimum absolute atomic E-state index is 0.737. The number of fused-ring (bicyclic) bond motifs is 2. The molecule has 0 saturated carbocycles. The Morgan fingerprint density at radius 3 is 3.05 bits per heavy atom. The smallest absolute Gasteiger partial charge is 0.0309 e. The van der Waals surface area contributed by atoms with E-state index in [9.17, 15) is 0 Å². The Balaban J connectivity index is 1.41. The summed E-state index contributed by atoms with van der Waals surface area (Å²) in [7, 11) is 0. The number of piperidine rings is 2. The molecular weight excluding hydrogens is 268 g/mol. The molecule has 0 aromatic heterocycles. The van der Waals surface area contributed by atoms with Gasteiger partial charge in [0, 0.05) is 31.7 Å². The second-order valence-electron chi connectivity index (χ2n) is 8.21. The van der Waals surface area contributed by atoms with Crippen molar-refractivity contribution < 1.29 is 0 Å². The quantitative estimate of drug-likeness (QED) is 0.715. The molecule has 2 nitrogen and oxygen atoms in total. The minimum atomic E-state index is 0.737. The first-order valence-electron chi connectivity index (χ1n) is 9.62. The highest BCUT2D eigenvalue weighted by Gasteiger charge is 2.33. The first kappa shape index (κ1) is 15.0. The molecule has 4 atom stereocenters. The van der Waals surface area contributed by atoms with Gasteiger partial charge in [-0.1, -0.05) is 30.7 Å². The van der Waals surface area contributed by atoms with Crippen molar-refractivity contribution in [1.82, 2.24) is 9.80 Å². The zero-order valence-electron chi connectivity index (χ0n) is 14.2. The average Bonchev–Trinajstić information content (AvgIpc) is 2.55. The highest BCUT2D eigenvalue weighted by atomic mass is 15.2. The van der Waals surface area contributed by atoms with Crippen LogP contribution in [0.4, 0.5) is 0 Å². The third kappa shape index (κ3) is 3.05. The van der Waals surface area contributed by atoms with Gasteiger partial charge in [-0.15, -0.1) is 0 Å². The van der Waals surface area contributed by atoms with E-state index in [0.29, 0.717) is 0 Å². The molecule has 0 radical (unpaired) electrons. The molecule has 0 amide bonds. The number of nitrogens with zero attached hydrogens (tertiary/aromatic N) is 2. The molecule has 4 unspecified atom stereocenters. The zero-order valence-corrected chi connectivity index (χ0v) is 14.2. The summed E-state index contributed by atoms with van der Waals surface area (Å²) < 4.78 is 0. The van der Waals surface area contributed by atoms with Gasteiger partial charge in [-0.25, -0.2) is 0 Å². The molecule has 4 aliphatic heterocycles. The Hall–Kier alpha value is -0.600. The van der Waals surface area contributed by atoms with Gasteiger partial charge in [0.2, 0.25) is 0 Å². The van der Waals surface area contributed by atoms with E-state index >= 15 is 0 Å². The van der Waals surface area contributed by atoms with Crippen LogP contribution in [0.25, 0.3) is 0 Å². The fourth-order valence-electron chi connectivity index (χ4n) is 5.29. The summed E-state index contributed by atoms with van der Waals surface area (Å²) in [4.78, 5) is 5.53. The van der Waals surface area contributed by atoms with E-state index in [-0.39, 0.29) is 0 Å². The average molecular weight is 300 g/mol. The highest BCUT2D eigenvalue weighted by molar-refractivity contribution is 5.15. The second kappa shape index (κ2) is 6.49. The molecule has 122 valence electrons. The molecule has 0 spiro atoms. The van der Waals surface area contributed by atoms with Crippen LogP contribution in [0.5, 0.6) is 0 Å². The summed E-state index contributed by atoms with van der Waals surface area (Å²) in [5.41, 5.74) is 1.75. The molecule has 0 aromatic rings. The van der Waals surface area contributed by atoms with E-state index in [0.717, 1.165) is 23.9 Å². The van der Waals surface area contributed by atoms with Crippen LogP contribution in [0.3, 0.4) is 0 Å². The summed E-state index contributed by atoms with van der Waals surface area (Å²) in [5.74, 6) is 1.78. The van der Waals surface area contributed by atoms with Crippen LogP contribution in [0.15, 0.2) is 23.8 Å². The third-order valence-electron chi connectivity index (χ3n) is 6.51. The van der Waals surface area contributed by atoms with Gasteiger partial charge in [-0.05, 0) is 63.3 Å². The Labute approximate surface area is 136 Å². The van der Waals surface area contributed by atoms with Gasteiger partial charge < -0.3 is 0 Å². The molecule has 2 heteroatoms. The van der Waals surface area contributed by atoms with Crippen molar-refractivity contribution in [3.63, 3.8) is 0 Å². The van der Waals surface area contributed by atoms with Crippen molar-refractivity contribution in [2.75, 3.05) is 26.2 Å². The molecule has 0 aliphatic carbocycles. The van der Waals surface area contributed by atoms with Gasteiger partial charge in [0.25, 0.3) is 0 Å². The van der Waals surface area contributed by atoms with Crippen LogP contribution in [-0.2, 0) is 0 Å². The monoisotopic (exact) mass is 300 g/mol. The van der Waals surface area contributed by atoms with E-state index in [2.05, 4.69) is 35.0 Å². The van der Waals surface area contributed by atoms with Crippen molar-refractivity contribution in [1.29, 1.82) is 0 Å². The van der Waals surface area contributed by atoms with Crippen LogP contribution in [0, 0.1) is 11.8 Å². The second-order valence-corrected chi connectivity index (χ2v) is 8.21. The maximum absolute atomic E-state index is 2.79. The summed E-state index contributed by atoms with van der Waals surface area (Å²) in [6, 6.07) is 1.60. The molecule has 0 bridgehead atoms. The van der Waals surface area contributed by atoms with Crippen molar-refractivity contribution in [3.8, 4) is 0 Å². The molecule has 2 saturated heterocycles. The van der Waals surface area contributed by atoms with Gasteiger partial charge in [0.1, 0.15) is 0 Å². The van der Waals surface area contributed by atoms with Crippen molar-refractivity contribution in [2.45, 2.75) is 64.0 Å². The summed E-state index contributed by atoms with van der Waals surface area (Å²) in [6.07, 6.45) is 17.2. The fourth-order valence-corrected chi connectivity index (χ4v) is 5.29. The molecular formula is C20H32N2. The summed E-state index contributed by atoms with van der Waals surface area (Å²) >= 11 is 0. The molecule has 0 N–H and O–H groups in total. The predicted octanol–water partition coefficient (Wildman–Crippen LogP) is 3.85. The van der Waals surface area contributed by atoms with Gasteiger partial charge in [-0.2, -0.15) is 0 Å². The Morgan fingerprint density at radius 1 is 1.14 bits per heavy atom. The normalized spacial score (nSPS) is 40.0. The topological polar surface area (TPSA) is 6.48 Å². The lowest BCUT2D eigenvalue weighted by Gasteiger charge is -2.44. The molecule has 4 aliphatic rings.